The topological polar surface area (TPSA) is 26.3 Å². The van der Waals surface area contributed by atoms with Crippen molar-refractivity contribution >= 4 is 5.78 Å². The van der Waals surface area contributed by atoms with Gasteiger partial charge < -0.3 is 4.74 Å². The van der Waals surface area contributed by atoms with Gasteiger partial charge in [0.2, 0.25) is 0 Å². The van der Waals surface area contributed by atoms with Gasteiger partial charge in [-0.25, -0.2) is 0 Å². The summed E-state index contributed by atoms with van der Waals surface area (Å²) in [6.07, 6.45) is 1.95. The number of rotatable bonds is 6. The monoisotopic (exact) mass is 268 g/mol. The highest BCUT2D eigenvalue weighted by Gasteiger charge is 2.07. The van der Waals surface area contributed by atoms with E-state index >= 15 is 0 Å². The van der Waals surface area contributed by atoms with Crippen molar-refractivity contribution in [1.29, 1.82) is 0 Å². The number of aryl methyl sites for hydroxylation is 1. The van der Waals surface area contributed by atoms with Gasteiger partial charge >= 0.3 is 0 Å². The molecule has 2 nitrogen and oxygen atoms in total. The molecule has 0 aliphatic heterocycles. The quantitative estimate of drug-likeness (QED) is 0.725. The van der Waals surface area contributed by atoms with Crippen LogP contribution in [0.2, 0.25) is 0 Å². The van der Waals surface area contributed by atoms with Crippen molar-refractivity contribution in [3.63, 3.8) is 0 Å². The second kappa shape index (κ2) is 6.90. The third kappa shape index (κ3) is 3.70. The predicted octanol–water partition coefficient (Wildman–Crippen LogP) is 4.42. The molecule has 0 fully saturated rings. The van der Waals surface area contributed by atoms with E-state index in [1.165, 1.54) is 0 Å². The first-order valence-corrected chi connectivity index (χ1v) is 7.01. The van der Waals surface area contributed by atoms with Gasteiger partial charge in [0, 0.05) is 5.56 Å². The van der Waals surface area contributed by atoms with E-state index in [9.17, 15) is 4.79 Å². The fourth-order valence-electron chi connectivity index (χ4n) is 2.14. The SMILES string of the molecule is CCCc1cc(C(C)=O)ccc1OCc1ccccc1. The van der Waals surface area contributed by atoms with Crippen LogP contribution in [0.3, 0.4) is 0 Å². The van der Waals surface area contributed by atoms with Crippen LogP contribution < -0.4 is 4.74 Å². The van der Waals surface area contributed by atoms with E-state index in [4.69, 9.17) is 4.74 Å². The zero-order valence-corrected chi connectivity index (χ0v) is 12.1. The van der Waals surface area contributed by atoms with Crippen molar-refractivity contribution in [3.05, 3.63) is 65.2 Å². The van der Waals surface area contributed by atoms with Gasteiger partial charge in [0.1, 0.15) is 12.4 Å². The number of ether oxygens (including phenoxy) is 1. The van der Waals surface area contributed by atoms with E-state index in [2.05, 4.69) is 6.92 Å². The summed E-state index contributed by atoms with van der Waals surface area (Å²) in [4.78, 5) is 11.5. The van der Waals surface area contributed by atoms with Crippen LogP contribution in [0, 0.1) is 0 Å². The predicted molar refractivity (Wildman–Crippen MR) is 81.2 cm³/mol. The highest BCUT2D eigenvalue weighted by molar-refractivity contribution is 5.94. The Morgan fingerprint density at radius 2 is 1.85 bits per heavy atom. The second-order valence-electron chi connectivity index (χ2n) is 4.90. The average Bonchev–Trinajstić information content (AvgIpc) is 2.47. The molecule has 0 spiro atoms. The molecule has 0 atom stereocenters. The van der Waals surface area contributed by atoms with Gasteiger partial charge in [-0.3, -0.25) is 4.79 Å². The zero-order chi connectivity index (χ0) is 14.4. The van der Waals surface area contributed by atoms with Crippen LogP contribution in [0.1, 0.15) is 41.8 Å². The fourth-order valence-corrected chi connectivity index (χ4v) is 2.14. The van der Waals surface area contributed by atoms with Crippen molar-refractivity contribution in [2.24, 2.45) is 0 Å². The van der Waals surface area contributed by atoms with Crippen molar-refractivity contribution in [3.8, 4) is 5.75 Å². The maximum Gasteiger partial charge on any atom is 0.159 e. The Kier molecular flexibility index (Phi) is 4.94. The zero-order valence-electron chi connectivity index (χ0n) is 12.1. The molecule has 0 heterocycles. The summed E-state index contributed by atoms with van der Waals surface area (Å²) in [7, 11) is 0. The molecule has 2 rings (SSSR count). The van der Waals surface area contributed by atoms with Crippen molar-refractivity contribution in [2.45, 2.75) is 33.3 Å². The molecular weight excluding hydrogens is 248 g/mol. The van der Waals surface area contributed by atoms with Gasteiger partial charge in [0.05, 0.1) is 0 Å². The summed E-state index contributed by atoms with van der Waals surface area (Å²) >= 11 is 0. The Labute approximate surface area is 120 Å². The number of carbonyl (C=O) groups excluding carboxylic acids is 1. The van der Waals surface area contributed by atoms with Crippen molar-refractivity contribution in [2.75, 3.05) is 0 Å². The van der Waals surface area contributed by atoms with Crippen molar-refractivity contribution in [1.82, 2.24) is 0 Å². The molecule has 0 radical (unpaired) electrons. The maximum atomic E-state index is 11.5. The van der Waals surface area contributed by atoms with Gasteiger partial charge in [-0.1, -0.05) is 43.7 Å². The summed E-state index contributed by atoms with van der Waals surface area (Å²) in [6.45, 7) is 4.27. The number of benzene rings is 2. The lowest BCUT2D eigenvalue weighted by Crippen LogP contribution is -2.01. The Morgan fingerprint density at radius 3 is 2.50 bits per heavy atom. The third-order valence-corrected chi connectivity index (χ3v) is 3.22. The van der Waals surface area contributed by atoms with E-state index in [0.29, 0.717) is 6.61 Å². The number of Topliss-reactive ketones (excluding diaryl/α,β-unsaturated/α-hetero) is 1. The number of hydrogen-bond acceptors (Lipinski definition) is 2. The van der Waals surface area contributed by atoms with Crippen LogP contribution in [0.15, 0.2) is 48.5 Å². The number of carbonyl (C=O) groups is 1. The maximum absolute atomic E-state index is 11.5. The summed E-state index contributed by atoms with van der Waals surface area (Å²) < 4.78 is 5.90. The van der Waals surface area contributed by atoms with Crippen LogP contribution in [0.4, 0.5) is 0 Å². The minimum Gasteiger partial charge on any atom is -0.489 e. The van der Waals surface area contributed by atoms with E-state index in [-0.39, 0.29) is 5.78 Å². The summed E-state index contributed by atoms with van der Waals surface area (Å²) in [5, 5.41) is 0. The fraction of sp³-hybridized carbons (Fsp3) is 0.278. The number of hydrogen-bond donors (Lipinski definition) is 0. The second-order valence-corrected chi connectivity index (χ2v) is 4.90. The van der Waals surface area contributed by atoms with Gasteiger partial charge in [-0.2, -0.15) is 0 Å². The average molecular weight is 268 g/mol. The van der Waals surface area contributed by atoms with E-state index in [1.54, 1.807) is 6.92 Å². The summed E-state index contributed by atoms with van der Waals surface area (Å²) in [5.41, 5.74) is 3.00. The molecule has 0 saturated carbocycles. The standard InChI is InChI=1S/C18H20O2/c1-3-7-17-12-16(14(2)19)10-11-18(17)20-13-15-8-5-4-6-9-15/h4-6,8-12H,3,7,13H2,1-2H3. The van der Waals surface area contributed by atoms with Crippen LogP contribution in [-0.2, 0) is 13.0 Å². The molecule has 0 aromatic heterocycles. The Hall–Kier alpha value is -2.09. The highest BCUT2D eigenvalue weighted by atomic mass is 16.5. The van der Waals surface area contributed by atoms with E-state index in [1.807, 2.05) is 48.5 Å². The molecule has 20 heavy (non-hydrogen) atoms. The molecule has 0 aliphatic rings. The minimum atomic E-state index is 0.0944. The lowest BCUT2D eigenvalue weighted by molar-refractivity contribution is 0.101. The Bertz CT molecular complexity index is 573. The minimum absolute atomic E-state index is 0.0944. The molecule has 0 bridgehead atoms. The molecule has 0 N–H and O–H groups in total. The van der Waals surface area contributed by atoms with Crippen molar-refractivity contribution < 1.29 is 9.53 Å². The lowest BCUT2D eigenvalue weighted by atomic mass is 10.0. The largest absolute Gasteiger partial charge is 0.489 e. The summed E-state index contributed by atoms with van der Waals surface area (Å²) in [6, 6.07) is 15.8. The first-order chi connectivity index (χ1) is 9.70. The molecule has 2 aromatic rings. The first-order valence-electron chi connectivity index (χ1n) is 7.01. The molecule has 2 aromatic carbocycles. The Balaban J connectivity index is 2.16. The molecule has 0 saturated heterocycles. The number of ketones is 1. The molecule has 104 valence electrons. The molecular formula is C18H20O2. The lowest BCUT2D eigenvalue weighted by Gasteiger charge is -2.12. The van der Waals surface area contributed by atoms with Crippen LogP contribution in [0.5, 0.6) is 5.75 Å². The Morgan fingerprint density at radius 1 is 1.10 bits per heavy atom. The normalized spacial score (nSPS) is 10.3. The van der Waals surface area contributed by atoms with Gasteiger partial charge in [0.15, 0.2) is 5.78 Å². The van der Waals surface area contributed by atoms with Gasteiger partial charge in [0.25, 0.3) is 0 Å². The molecule has 2 heteroatoms. The highest BCUT2D eigenvalue weighted by Crippen LogP contribution is 2.23. The third-order valence-electron chi connectivity index (χ3n) is 3.22. The molecule has 0 aliphatic carbocycles. The smallest absolute Gasteiger partial charge is 0.159 e. The van der Waals surface area contributed by atoms with Crippen LogP contribution in [-0.4, -0.2) is 5.78 Å². The van der Waals surface area contributed by atoms with Gasteiger partial charge in [-0.15, -0.1) is 0 Å². The van der Waals surface area contributed by atoms with E-state index < -0.39 is 0 Å². The van der Waals surface area contributed by atoms with Gasteiger partial charge in [-0.05, 0) is 42.7 Å². The summed E-state index contributed by atoms with van der Waals surface area (Å²) in [5.74, 6) is 0.970. The van der Waals surface area contributed by atoms with Crippen LogP contribution >= 0.6 is 0 Å². The molecule has 0 unspecified atom stereocenters. The molecule has 0 amide bonds. The van der Waals surface area contributed by atoms with E-state index in [0.717, 1.165) is 35.3 Å². The first kappa shape index (κ1) is 14.3. The van der Waals surface area contributed by atoms with Crippen LogP contribution in [0.25, 0.3) is 0 Å².